The van der Waals surface area contributed by atoms with E-state index in [9.17, 15) is 0 Å². The van der Waals surface area contributed by atoms with Gasteiger partial charge in [-0.25, -0.2) is 0 Å². The highest BCUT2D eigenvalue weighted by atomic mass is 35.5. The first-order valence-electron chi connectivity index (χ1n) is 6.49. The first kappa shape index (κ1) is 13.5. The summed E-state index contributed by atoms with van der Waals surface area (Å²) in [6.07, 6.45) is 1.39. The minimum absolute atomic E-state index is 0.229. The molecular formula is C14H21ClN2O. The van der Waals surface area contributed by atoms with Crippen LogP contribution in [0.2, 0.25) is 5.02 Å². The molecule has 0 radical (unpaired) electrons. The van der Waals surface area contributed by atoms with Crippen molar-refractivity contribution in [1.82, 2.24) is 0 Å². The molecule has 2 atom stereocenters. The number of hydrogen-bond acceptors (Lipinski definition) is 3. The third-order valence-electron chi connectivity index (χ3n) is 3.28. The molecule has 18 heavy (non-hydrogen) atoms. The van der Waals surface area contributed by atoms with E-state index in [1.807, 2.05) is 12.1 Å². The van der Waals surface area contributed by atoms with Crippen LogP contribution in [0.1, 0.15) is 26.3 Å². The van der Waals surface area contributed by atoms with E-state index in [-0.39, 0.29) is 12.2 Å². The maximum Gasteiger partial charge on any atom is 0.0726 e. The van der Waals surface area contributed by atoms with Gasteiger partial charge in [0, 0.05) is 18.8 Å². The number of nitrogens with zero attached hydrogens (tertiary/aromatic N) is 1. The number of nitrogens with two attached hydrogens (primary N) is 1. The van der Waals surface area contributed by atoms with Gasteiger partial charge in [-0.05, 0) is 38.0 Å². The molecule has 1 fully saturated rings. The van der Waals surface area contributed by atoms with Crippen molar-refractivity contribution in [2.45, 2.75) is 39.4 Å². The fraction of sp³-hybridized carbons (Fsp3) is 0.571. The minimum atomic E-state index is 0.229. The number of anilines is 2. The van der Waals surface area contributed by atoms with Gasteiger partial charge in [-0.1, -0.05) is 18.5 Å². The van der Waals surface area contributed by atoms with Crippen molar-refractivity contribution in [1.29, 1.82) is 0 Å². The number of rotatable bonds is 2. The summed E-state index contributed by atoms with van der Waals surface area (Å²) in [5.74, 6) is 0. The van der Waals surface area contributed by atoms with Gasteiger partial charge in [-0.15, -0.1) is 0 Å². The van der Waals surface area contributed by atoms with E-state index in [4.69, 9.17) is 22.1 Å². The van der Waals surface area contributed by atoms with Crippen LogP contribution in [-0.4, -0.2) is 25.3 Å². The highest BCUT2D eigenvalue weighted by molar-refractivity contribution is 6.33. The average molecular weight is 269 g/mol. The fourth-order valence-corrected chi connectivity index (χ4v) is 3.03. The second-order valence-corrected chi connectivity index (χ2v) is 5.43. The molecule has 1 aromatic rings. The predicted octanol–water partition coefficient (Wildman–Crippen LogP) is 3.10. The maximum absolute atomic E-state index is 6.38. The average Bonchev–Trinajstić information content (AvgIpc) is 2.26. The lowest BCUT2D eigenvalue weighted by Crippen LogP contribution is -2.46. The molecule has 1 heterocycles. The highest BCUT2D eigenvalue weighted by Gasteiger charge is 2.25. The second kappa shape index (κ2) is 5.37. The Morgan fingerprint density at radius 3 is 2.50 bits per heavy atom. The molecule has 0 saturated carbocycles. The van der Waals surface area contributed by atoms with Crippen molar-refractivity contribution < 1.29 is 4.74 Å². The summed E-state index contributed by atoms with van der Waals surface area (Å²) < 4.78 is 5.77. The van der Waals surface area contributed by atoms with Gasteiger partial charge in [-0.3, -0.25) is 0 Å². The summed E-state index contributed by atoms with van der Waals surface area (Å²) in [6.45, 7) is 8.07. The Labute approximate surface area is 114 Å². The van der Waals surface area contributed by atoms with Gasteiger partial charge in [0.1, 0.15) is 0 Å². The zero-order valence-corrected chi connectivity index (χ0v) is 12.0. The van der Waals surface area contributed by atoms with Gasteiger partial charge in [0.2, 0.25) is 0 Å². The lowest BCUT2D eigenvalue weighted by molar-refractivity contribution is -0.00524. The third kappa shape index (κ3) is 2.73. The molecule has 1 aromatic carbocycles. The van der Waals surface area contributed by atoms with E-state index in [1.54, 1.807) is 0 Å². The van der Waals surface area contributed by atoms with Crippen LogP contribution >= 0.6 is 11.6 Å². The monoisotopic (exact) mass is 268 g/mol. The molecule has 100 valence electrons. The van der Waals surface area contributed by atoms with Crippen LogP contribution in [0.4, 0.5) is 11.4 Å². The number of benzene rings is 1. The quantitative estimate of drug-likeness (QED) is 0.838. The van der Waals surface area contributed by atoms with Crippen LogP contribution in [0.5, 0.6) is 0 Å². The van der Waals surface area contributed by atoms with Crippen LogP contribution in [-0.2, 0) is 11.2 Å². The molecule has 0 bridgehead atoms. The van der Waals surface area contributed by atoms with Crippen molar-refractivity contribution in [2.75, 3.05) is 23.7 Å². The number of morpholine rings is 1. The summed E-state index contributed by atoms with van der Waals surface area (Å²) >= 11 is 6.38. The number of aryl methyl sites for hydroxylation is 1. The number of hydrogen-bond donors (Lipinski definition) is 1. The molecule has 0 unspecified atom stereocenters. The smallest absolute Gasteiger partial charge is 0.0726 e. The molecule has 4 heteroatoms. The normalized spacial score (nSPS) is 24.3. The molecule has 1 aliphatic heterocycles. The summed E-state index contributed by atoms with van der Waals surface area (Å²) in [7, 11) is 0. The summed E-state index contributed by atoms with van der Waals surface area (Å²) in [4.78, 5) is 2.32. The van der Waals surface area contributed by atoms with E-state index in [0.717, 1.165) is 35.9 Å². The lowest BCUT2D eigenvalue weighted by Gasteiger charge is -2.38. The molecule has 0 spiro atoms. The molecule has 2 N–H and O–H groups in total. The Morgan fingerprint density at radius 2 is 1.94 bits per heavy atom. The molecule has 0 aliphatic carbocycles. The molecule has 0 amide bonds. The third-order valence-corrected chi connectivity index (χ3v) is 3.57. The zero-order valence-electron chi connectivity index (χ0n) is 11.2. The van der Waals surface area contributed by atoms with Crippen LogP contribution < -0.4 is 10.6 Å². The Kier molecular flexibility index (Phi) is 4.03. The molecule has 1 saturated heterocycles. The van der Waals surface area contributed by atoms with E-state index >= 15 is 0 Å². The van der Waals surface area contributed by atoms with Gasteiger partial charge >= 0.3 is 0 Å². The zero-order chi connectivity index (χ0) is 13.3. The predicted molar refractivity (Wildman–Crippen MR) is 77.5 cm³/mol. The van der Waals surface area contributed by atoms with Gasteiger partial charge in [0.05, 0.1) is 22.9 Å². The van der Waals surface area contributed by atoms with E-state index in [2.05, 4.69) is 25.7 Å². The topological polar surface area (TPSA) is 38.5 Å². The van der Waals surface area contributed by atoms with Crippen LogP contribution in [0, 0.1) is 0 Å². The van der Waals surface area contributed by atoms with Crippen LogP contribution in [0.25, 0.3) is 0 Å². The Bertz CT molecular complexity index is 426. The molecule has 0 aromatic heterocycles. The summed E-state index contributed by atoms with van der Waals surface area (Å²) in [6, 6.07) is 3.85. The van der Waals surface area contributed by atoms with Gasteiger partial charge in [0.25, 0.3) is 0 Å². The van der Waals surface area contributed by atoms with Crippen molar-refractivity contribution >= 4 is 23.0 Å². The molecule has 3 nitrogen and oxygen atoms in total. The fourth-order valence-electron chi connectivity index (χ4n) is 2.66. The first-order chi connectivity index (χ1) is 8.51. The van der Waals surface area contributed by atoms with Crippen LogP contribution in [0.3, 0.4) is 0 Å². The second-order valence-electron chi connectivity index (χ2n) is 5.03. The van der Waals surface area contributed by atoms with Crippen molar-refractivity contribution in [3.63, 3.8) is 0 Å². The van der Waals surface area contributed by atoms with Gasteiger partial charge in [0.15, 0.2) is 0 Å². The van der Waals surface area contributed by atoms with Crippen LogP contribution in [0.15, 0.2) is 12.1 Å². The van der Waals surface area contributed by atoms with Crippen molar-refractivity contribution in [2.24, 2.45) is 0 Å². The first-order valence-corrected chi connectivity index (χ1v) is 6.87. The minimum Gasteiger partial charge on any atom is -0.399 e. The number of nitrogen functional groups attached to an aromatic ring is 1. The number of halogens is 1. The van der Waals surface area contributed by atoms with Gasteiger partial charge < -0.3 is 15.4 Å². The molecule has 1 aliphatic rings. The standard InChI is InChI=1S/C14H21ClN2O/c1-4-11-5-12(16)6-13(15)14(11)17-7-9(2)18-10(3)8-17/h5-6,9-10H,4,7-8,16H2,1-3H3/t9-,10-/m1/s1. The van der Waals surface area contributed by atoms with E-state index < -0.39 is 0 Å². The Hall–Kier alpha value is -0.930. The van der Waals surface area contributed by atoms with E-state index in [1.165, 1.54) is 5.56 Å². The maximum atomic E-state index is 6.38. The Balaban J connectivity index is 2.37. The van der Waals surface area contributed by atoms with Crippen molar-refractivity contribution in [3.8, 4) is 0 Å². The Morgan fingerprint density at radius 1 is 1.33 bits per heavy atom. The highest BCUT2D eigenvalue weighted by Crippen LogP contribution is 2.34. The van der Waals surface area contributed by atoms with E-state index in [0.29, 0.717) is 0 Å². The summed E-state index contributed by atoms with van der Waals surface area (Å²) in [5.41, 5.74) is 8.92. The molecular weight excluding hydrogens is 248 g/mol. The largest absolute Gasteiger partial charge is 0.399 e. The number of ether oxygens (including phenoxy) is 1. The van der Waals surface area contributed by atoms with Crippen molar-refractivity contribution in [3.05, 3.63) is 22.7 Å². The SMILES string of the molecule is CCc1cc(N)cc(Cl)c1N1C[C@@H](C)O[C@H](C)C1. The molecule has 2 rings (SSSR count). The lowest BCUT2D eigenvalue weighted by atomic mass is 10.1. The van der Waals surface area contributed by atoms with Gasteiger partial charge in [-0.2, -0.15) is 0 Å². The summed E-state index contributed by atoms with van der Waals surface area (Å²) in [5, 5.41) is 0.744.